The Hall–Kier alpha value is -2.47. The monoisotopic (exact) mass is 368 g/mol. The number of aliphatic hydroxyl groups is 1. The number of nitrogens with zero attached hydrogens (tertiary/aromatic N) is 4. The second-order valence-corrected chi connectivity index (χ2v) is 7.75. The average Bonchev–Trinajstić information content (AvgIpc) is 2.69. The molecule has 2 aromatic rings. The van der Waals surface area contributed by atoms with Crippen LogP contribution in [0.4, 0.5) is 5.82 Å². The standard InChI is InChI=1S/C21H28N4O2/c1-16-7-4-5-8-17(16)11-21(15-26)9-6-10-25(14-21)19-13-22-12-18(23-19)20(27)24(2)3/h4-5,7-8,12-13,26H,6,9-11,14-15H2,1-3H3/t21-/m0/s1. The van der Waals surface area contributed by atoms with Crippen molar-refractivity contribution in [3.63, 3.8) is 0 Å². The van der Waals surface area contributed by atoms with Crippen LogP contribution in [-0.4, -0.2) is 59.7 Å². The van der Waals surface area contributed by atoms with Gasteiger partial charge in [0.15, 0.2) is 0 Å². The zero-order valence-corrected chi connectivity index (χ0v) is 16.4. The largest absolute Gasteiger partial charge is 0.396 e. The minimum atomic E-state index is -0.215. The molecule has 1 aliphatic heterocycles. The molecule has 144 valence electrons. The molecule has 1 aromatic carbocycles. The van der Waals surface area contributed by atoms with Crippen molar-refractivity contribution >= 4 is 11.7 Å². The zero-order valence-electron chi connectivity index (χ0n) is 16.4. The third-order valence-electron chi connectivity index (χ3n) is 5.39. The van der Waals surface area contributed by atoms with Gasteiger partial charge in [0.2, 0.25) is 0 Å². The fourth-order valence-electron chi connectivity index (χ4n) is 3.79. The summed E-state index contributed by atoms with van der Waals surface area (Å²) < 4.78 is 0. The number of aryl methyl sites for hydroxylation is 1. The lowest BCUT2D eigenvalue weighted by molar-refractivity contribution is 0.0821. The number of piperidine rings is 1. The van der Waals surface area contributed by atoms with Gasteiger partial charge in [-0.1, -0.05) is 24.3 Å². The summed E-state index contributed by atoms with van der Waals surface area (Å²) in [7, 11) is 3.41. The van der Waals surface area contributed by atoms with E-state index in [0.29, 0.717) is 18.1 Å². The number of hydrogen-bond donors (Lipinski definition) is 1. The van der Waals surface area contributed by atoms with Gasteiger partial charge in [-0.2, -0.15) is 0 Å². The van der Waals surface area contributed by atoms with Crippen molar-refractivity contribution in [2.75, 3.05) is 38.7 Å². The number of benzene rings is 1. The predicted octanol–water partition coefficient (Wildman–Crippen LogP) is 2.31. The minimum Gasteiger partial charge on any atom is -0.396 e. The maximum absolute atomic E-state index is 12.2. The Morgan fingerprint density at radius 1 is 1.30 bits per heavy atom. The number of carbonyl (C=O) groups is 1. The van der Waals surface area contributed by atoms with Gasteiger partial charge in [-0.3, -0.25) is 9.78 Å². The van der Waals surface area contributed by atoms with E-state index in [2.05, 4.69) is 40.0 Å². The summed E-state index contributed by atoms with van der Waals surface area (Å²) in [6.07, 6.45) is 5.98. The maximum Gasteiger partial charge on any atom is 0.273 e. The molecule has 1 amide bonds. The SMILES string of the molecule is Cc1ccccc1C[C@@]1(CO)CCCN(c2cncc(C(=O)N(C)C)n2)C1. The Bertz CT molecular complexity index is 808. The summed E-state index contributed by atoms with van der Waals surface area (Å²) in [5.74, 6) is 0.541. The highest BCUT2D eigenvalue weighted by Crippen LogP contribution is 2.35. The number of aliphatic hydroxyl groups excluding tert-OH is 1. The van der Waals surface area contributed by atoms with Crippen LogP contribution in [0.5, 0.6) is 0 Å². The first kappa shape index (κ1) is 19.3. The van der Waals surface area contributed by atoms with Gasteiger partial charge in [0.1, 0.15) is 11.5 Å². The first-order valence-electron chi connectivity index (χ1n) is 9.38. The second-order valence-electron chi connectivity index (χ2n) is 7.75. The van der Waals surface area contributed by atoms with Crippen LogP contribution in [-0.2, 0) is 6.42 Å². The molecule has 1 atom stereocenters. The molecule has 1 fully saturated rings. The molecule has 6 nitrogen and oxygen atoms in total. The van der Waals surface area contributed by atoms with Crippen molar-refractivity contribution in [1.29, 1.82) is 0 Å². The van der Waals surface area contributed by atoms with Gasteiger partial charge < -0.3 is 14.9 Å². The minimum absolute atomic E-state index is 0.127. The summed E-state index contributed by atoms with van der Waals surface area (Å²) in [6.45, 7) is 3.79. The maximum atomic E-state index is 12.2. The van der Waals surface area contributed by atoms with Crippen molar-refractivity contribution in [3.8, 4) is 0 Å². The highest BCUT2D eigenvalue weighted by Gasteiger charge is 2.36. The van der Waals surface area contributed by atoms with Crippen LogP contribution in [0.25, 0.3) is 0 Å². The number of hydrogen-bond acceptors (Lipinski definition) is 5. The first-order valence-corrected chi connectivity index (χ1v) is 9.38. The van der Waals surface area contributed by atoms with Gasteiger partial charge in [0, 0.05) is 32.6 Å². The summed E-state index contributed by atoms with van der Waals surface area (Å²) in [5, 5.41) is 10.3. The molecule has 0 radical (unpaired) electrons. The molecule has 1 saturated heterocycles. The van der Waals surface area contributed by atoms with E-state index < -0.39 is 0 Å². The molecule has 0 aliphatic carbocycles. The van der Waals surface area contributed by atoms with Crippen LogP contribution in [0, 0.1) is 12.3 Å². The van der Waals surface area contributed by atoms with Crippen LogP contribution >= 0.6 is 0 Å². The summed E-state index contributed by atoms with van der Waals surface area (Å²) in [6, 6.07) is 8.35. The van der Waals surface area contributed by atoms with Crippen LogP contribution in [0.2, 0.25) is 0 Å². The van der Waals surface area contributed by atoms with Crippen molar-refractivity contribution in [2.45, 2.75) is 26.2 Å². The van der Waals surface area contributed by atoms with E-state index in [-0.39, 0.29) is 17.9 Å². The van der Waals surface area contributed by atoms with Gasteiger partial charge in [0.25, 0.3) is 5.91 Å². The fraction of sp³-hybridized carbons (Fsp3) is 0.476. The Balaban J connectivity index is 1.83. The smallest absolute Gasteiger partial charge is 0.273 e. The van der Waals surface area contributed by atoms with Crippen LogP contribution in [0.15, 0.2) is 36.7 Å². The number of anilines is 1. The highest BCUT2D eigenvalue weighted by molar-refractivity contribution is 5.91. The van der Waals surface area contributed by atoms with Crippen molar-refractivity contribution in [3.05, 3.63) is 53.5 Å². The predicted molar refractivity (Wildman–Crippen MR) is 106 cm³/mol. The molecule has 1 aromatic heterocycles. The van der Waals surface area contributed by atoms with E-state index in [1.165, 1.54) is 22.2 Å². The topological polar surface area (TPSA) is 69.6 Å². The van der Waals surface area contributed by atoms with E-state index in [1.54, 1.807) is 20.3 Å². The zero-order chi connectivity index (χ0) is 19.4. The quantitative estimate of drug-likeness (QED) is 0.877. The number of carbonyl (C=O) groups excluding carboxylic acids is 1. The lowest BCUT2D eigenvalue weighted by Crippen LogP contribution is -2.47. The van der Waals surface area contributed by atoms with Crippen LogP contribution in [0.1, 0.15) is 34.5 Å². The molecule has 0 spiro atoms. The van der Waals surface area contributed by atoms with E-state index in [4.69, 9.17) is 0 Å². The molecule has 0 bridgehead atoms. The number of aromatic nitrogens is 2. The number of amides is 1. The van der Waals surface area contributed by atoms with E-state index in [9.17, 15) is 9.90 Å². The molecule has 3 rings (SSSR count). The average molecular weight is 368 g/mol. The van der Waals surface area contributed by atoms with Gasteiger partial charge in [-0.25, -0.2) is 4.98 Å². The molecule has 1 N–H and O–H groups in total. The third kappa shape index (κ3) is 4.27. The Kier molecular flexibility index (Phi) is 5.75. The summed E-state index contributed by atoms with van der Waals surface area (Å²) in [4.78, 5) is 24.6. The van der Waals surface area contributed by atoms with E-state index >= 15 is 0 Å². The Labute approximate surface area is 160 Å². The van der Waals surface area contributed by atoms with Gasteiger partial charge in [-0.05, 0) is 37.3 Å². The normalized spacial score (nSPS) is 19.8. The van der Waals surface area contributed by atoms with E-state index in [1.807, 2.05) is 6.07 Å². The molecule has 0 saturated carbocycles. The lowest BCUT2D eigenvalue weighted by atomic mass is 9.75. The third-order valence-corrected chi connectivity index (χ3v) is 5.39. The van der Waals surface area contributed by atoms with Crippen molar-refractivity contribution in [2.24, 2.45) is 5.41 Å². The van der Waals surface area contributed by atoms with Gasteiger partial charge in [0.05, 0.1) is 19.0 Å². The number of rotatable bonds is 5. The Morgan fingerprint density at radius 3 is 2.78 bits per heavy atom. The summed E-state index contributed by atoms with van der Waals surface area (Å²) in [5.41, 5.74) is 2.65. The molecule has 1 aliphatic rings. The molecule has 2 heterocycles. The molecule has 6 heteroatoms. The molecular weight excluding hydrogens is 340 g/mol. The van der Waals surface area contributed by atoms with Crippen LogP contribution in [0.3, 0.4) is 0 Å². The van der Waals surface area contributed by atoms with E-state index in [0.717, 1.165) is 25.8 Å². The van der Waals surface area contributed by atoms with Crippen molar-refractivity contribution < 1.29 is 9.90 Å². The second kappa shape index (κ2) is 8.05. The Morgan fingerprint density at radius 2 is 2.07 bits per heavy atom. The van der Waals surface area contributed by atoms with Crippen LogP contribution < -0.4 is 4.90 Å². The fourth-order valence-corrected chi connectivity index (χ4v) is 3.79. The molecule has 0 unspecified atom stereocenters. The molecule has 27 heavy (non-hydrogen) atoms. The van der Waals surface area contributed by atoms with Gasteiger partial charge >= 0.3 is 0 Å². The highest BCUT2D eigenvalue weighted by atomic mass is 16.3. The van der Waals surface area contributed by atoms with Gasteiger partial charge in [-0.15, -0.1) is 0 Å². The summed E-state index contributed by atoms with van der Waals surface area (Å²) >= 11 is 0. The molecular formula is C21H28N4O2. The van der Waals surface area contributed by atoms with Crippen molar-refractivity contribution in [1.82, 2.24) is 14.9 Å². The lowest BCUT2D eigenvalue weighted by Gasteiger charge is -2.42. The first-order chi connectivity index (χ1) is 12.9.